The summed E-state index contributed by atoms with van der Waals surface area (Å²) < 4.78 is 6.36. The van der Waals surface area contributed by atoms with Crippen molar-refractivity contribution in [3.8, 4) is 5.75 Å². The number of thiophene rings is 1. The molecule has 2 heterocycles. The zero-order valence-corrected chi connectivity index (χ0v) is 12.4. The van der Waals surface area contributed by atoms with E-state index in [2.05, 4.69) is 36.5 Å². The molecule has 1 aliphatic rings. The van der Waals surface area contributed by atoms with Gasteiger partial charge in [0.25, 0.3) is 0 Å². The zero-order chi connectivity index (χ0) is 13.2. The Morgan fingerprint density at radius 2 is 2.26 bits per heavy atom. The molecule has 4 heteroatoms. The van der Waals surface area contributed by atoms with Gasteiger partial charge < -0.3 is 10.1 Å². The lowest BCUT2D eigenvalue weighted by Gasteiger charge is -2.12. The molecule has 1 aliphatic heterocycles. The van der Waals surface area contributed by atoms with Gasteiger partial charge in [-0.2, -0.15) is 0 Å². The summed E-state index contributed by atoms with van der Waals surface area (Å²) >= 11 is 7.60. The van der Waals surface area contributed by atoms with Crippen molar-refractivity contribution in [2.75, 3.05) is 6.61 Å². The van der Waals surface area contributed by atoms with Crippen LogP contribution in [0.1, 0.15) is 29.0 Å². The van der Waals surface area contributed by atoms with Gasteiger partial charge in [-0.3, -0.25) is 0 Å². The highest BCUT2D eigenvalue weighted by Gasteiger charge is 2.12. The predicted molar refractivity (Wildman–Crippen MR) is 80.2 cm³/mol. The first kappa shape index (κ1) is 13.0. The lowest BCUT2D eigenvalue weighted by atomic mass is 10.1. The van der Waals surface area contributed by atoms with Crippen molar-refractivity contribution >= 4 is 22.9 Å². The Hall–Kier alpha value is -1.03. The molecule has 0 spiro atoms. The van der Waals surface area contributed by atoms with E-state index in [4.69, 9.17) is 16.3 Å². The van der Waals surface area contributed by atoms with Crippen LogP contribution in [0.5, 0.6) is 5.75 Å². The molecule has 0 amide bonds. The molecule has 0 saturated carbocycles. The molecule has 1 N–H and O–H groups in total. The topological polar surface area (TPSA) is 21.3 Å². The van der Waals surface area contributed by atoms with E-state index < -0.39 is 0 Å². The molecule has 0 radical (unpaired) electrons. The summed E-state index contributed by atoms with van der Waals surface area (Å²) in [6.45, 7) is 3.85. The summed E-state index contributed by atoms with van der Waals surface area (Å²) in [6.07, 6.45) is 1.03. The van der Waals surface area contributed by atoms with Crippen LogP contribution in [0.25, 0.3) is 0 Å². The third-order valence-corrected chi connectivity index (χ3v) is 4.80. The molecule has 0 aliphatic carbocycles. The summed E-state index contributed by atoms with van der Waals surface area (Å²) in [6, 6.07) is 10.8. The van der Waals surface area contributed by atoms with E-state index in [1.807, 2.05) is 6.07 Å². The Labute approximate surface area is 122 Å². The largest absolute Gasteiger partial charge is 0.493 e. The third kappa shape index (κ3) is 2.94. The maximum absolute atomic E-state index is 5.96. The summed E-state index contributed by atoms with van der Waals surface area (Å²) in [7, 11) is 0. The van der Waals surface area contributed by atoms with Crippen molar-refractivity contribution in [3.05, 3.63) is 50.7 Å². The number of rotatable bonds is 4. The van der Waals surface area contributed by atoms with Crippen molar-refractivity contribution in [3.63, 3.8) is 0 Å². The molecule has 2 aromatic rings. The van der Waals surface area contributed by atoms with E-state index >= 15 is 0 Å². The highest BCUT2D eigenvalue weighted by molar-refractivity contribution is 7.16. The van der Waals surface area contributed by atoms with Crippen LogP contribution in [0.2, 0.25) is 4.34 Å². The van der Waals surface area contributed by atoms with Gasteiger partial charge in [-0.05, 0) is 36.2 Å². The molecule has 1 aromatic carbocycles. The Bertz CT molecular complexity index is 581. The van der Waals surface area contributed by atoms with E-state index in [1.165, 1.54) is 16.0 Å². The number of halogens is 1. The summed E-state index contributed by atoms with van der Waals surface area (Å²) in [5, 5.41) is 3.53. The van der Waals surface area contributed by atoms with Crippen LogP contribution in [-0.2, 0) is 13.0 Å². The smallest absolute Gasteiger partial charge is 0.122 e. The number of ether oxygens (including phenoxy) is 1. The summed E-state index contributed by atoms with van der Waals surface area (Å²) in [4.78, 5) is 1.27. The van der Waals surface area contributed by atoms with Crippen molar-refractivity contribution in [1.82, 2.24) is 5.32 Å². The molecule has 19 heavy (non-hydrogen) atoms. The first-order valence-corrected chi connectivity index (χ1v) is 7.65. The van der Waals surface area contributed by atoms with E-state index in [0.717, 1.165) is 29.7 Å². The average Bonchev–Trinajstić information content (AvgIpc) is 3.03. The van der Waals surface area contributed by atoms with Gasteiger partial charge in [0, 0.05) is 23.9 Å². The number of nitrogens with one attached hydrogen (secondary N) is 1. The SMILES string of the molecule is CC(NCc1ccc2c(c1)CCO2)c1ccc(Cl)s1. The number of fused-ring (bicyclic) bond motifs is 1. The molecular formula is C15H16ClNOS. The van der Waals surface area contributed by atoms with Crippen LogP contribution in [0, 0.1) is 0 Å². The Morgan fingerprint density at radius 3 is 3.05 bits per heavy atom. The molecular weight excluding hydrogens is 278 g/mol. The molecule has 2 nitrogen and oxygen atoms in total. The van der Waals surface area contributed by atoms with Gasteiger partial charge in [0.1, 0.15) is 5.75 Å². The first-order valence-electron chi connectivity index (χ1n) is 6.45. The second kappa shape index (κ2) is 5.53. The second-order valence-corrected chi connectivity index (χ2v) is 6.53. The van der Waals surface area contributed by atoms with Gasteiger partial charge in [0.05, 0.1) is 10.9 Å². The van der Waals surface area contributed by atoms with Gasteiger partial charge >= 0.3 is 0 Å². The lowest BCUT2D eigenvalue weighted by molar-refractivity contribution is 0.357. The standard InChI is InChI=1S/C15H16ClNOS/c1-10(14-4-5-15(16)19-14)17-9-11-2-3-13-12(8-11)6-7-18-13/h2-5,8,10,17H,6-7,9H2,1H3. The predicted octanol–water partition coefficient (Wildman–Crippen LogP) is 4.19. The fourth-order valence-corrected chi connectivity index (χ4v) is 3.37. The monoisotopic (exact) mass is 293 g/mol. The van der Waals surface area contributed by atoms with Crippen molar-refractivity contribution in [2.45, 2.75) is 25.9 Å². The molecule has 3 rings (SSSR count). The molecule has 0 saturated heterocycles. The molecule has 100 valence electrons. The molecule has 1 aromatic heterocycles. The van der Waals surface area contributed by atoms with Crippen LogP contribution < -0.4 is 10.1 Å². The Kier molecular flexibility index (Phi) is 3.78. The van der Waals surface area contributed by atoms with Gasteiger partial charge in [-0.15, -0.1) is 11.3 Å². The third-order valence-electron chi connectivity index (χ3n) is 3.39. The molecule has 1 atom stereocenters. The number of hydrogen-bond donors (Lipinski definition) is 1. The normalized spacial score (nSPS) is 15.1. The highest BCUT2D eigenvalue weighted by atomic mass is 35.5. The minimum atomic E-state index is 0.321. The van der Waals surface area contributed by atoms with E-state index in [9.17, 15) is 0 Å². The minimum absolute atomic E-state index is 0.321. The fourth-order valence-electron chi connectivity index (χ4n) is 2.28. The molecule has 1 unspecified atom stereocenters. The van der Waals surface area contributed by atoms with E-state index in [1.54, 1.807) is 11.3 Å². The second-order valence-electron chi connectivity index (χ2n) is 4.79. The first-order chi connectivity index (χ1) is 9.22. The highest BCUT2D eigenvalue weighted by Crippen LogP contribution is 2.28. The molecule has 0 bridgehead atoms. The van der Waals surface area contributed by atoms with Crippen molar-refractivity contribution < 1.29 is 4.74 Å². The maximum Gasteiger partial charge on any atom is 0.122 e. The van der Waals surface area contributed by atoms with Gasteiger partial charge in [-0.1, -0.05) is 23.7 Å². The van der Waals surface area contributed by atoms with Gasteiger partial charge in [0.2, 0.25) is 0 Å². The van der Waals surface area contributed by atoms with Crippen LogP contribution in [0.3, 0.4) is 0 Å². The van der Waals surface area contributed by atoms with E-state index in [0.29, 0.717) is 6.04 Å². The average molecular weight is 294 g/mol. The van der Waals surface area contributed by atoms with Crippen LogP contribution in [-0.4, -0.2) is 6.61 Å². The van der Waals surface area contributed by atoms with Crippen LogP contribution in [0.15, 0.2) is 30.3 Å². The van der Waals surface area contributed by atoms with Gasteiger partial charge in [-0.25, -0.2) is 0 Å². The number of hydrogen-bond acceptors (Lipinski definition) is 3. The summed E-state index contributed by atoms with van der Waals surface area (Å²) in [5.41, 5.74) is 2.63. The Morgan fingerprint density at radius 1 is 1.37 bits per heavy atom. The minimum Gasteiger partial charge on any atom is -0.493 e. The lowest BCUT2D eigenvalue weighted by Crippen LogP contribution is -2.17. The van der Waals surface area contributed by atoms with Crippen LogP contribution >= 0.6 is 22.9 Å². The Balaban J connectivity index is 1.63. The van der Waals surface area contributed by atoms with Gasteiger partial charge in [0.15, 0.2) is 0 Å². The fraction of sp³-hybridized carbons (Fsp3) is 0.333. The zero-order valence-electron chi connectivity index (χ0n) is 10.8. The van der Waals surface area contributed by atoms with E-state index in [-0.39, 0.29) is 0 Å². The van der Waals surface area contributed by atoms with Crippen LogP contribution in [0.4, 0.5) is 0 Å². The quantitative estimate of drug-likeness (QED) is 0.913. The molecule has 0 fully saturated rings. The van der Waals surface area contributed by atoms with Crippen molar-refractivity contribution in [1.29, 1.82) is 0 Å². The van der Waals surface area contributed by atoms with Crippen molar-refractivity contribution in [2.24, 2.45) is 0 Å². The summed E-state index contributed by atoms with van der Waals surface area (Å²) in [5.74, 6) is 1.04. The maximum atomic E-state index is 5.96. The number of benzene rings is 1.